The number of hydrogen-bond acceptors (Lipinski definition) is 6. The maximum absolute atomic E-state index is 13.9. The molecule has 232 valence electrons. The Hall–Kier alpha value is -2.83. The smallest absolute Gasteiger partial charge is 0.308 e. The van der Waals surface area contributed by atoms with E-state index >= 15 is 0 Å². The van der Waals surface area contributed by atoms with Crippen LogP contribution in [0.2, 0.25) is 0 Å². The minimum atomic E-state index is -3.08. The van der Waals surface area contributed by atoms with E-state index in [0.29, 0.717) is 22.2 Å². The van der Waals surface area contributed by atoms with Crippen LogP contribution in [0, 0.1) is 17.2 Å². The van der Waals surface area contributed by atoms with Gasteiger partial charge in [-0.2, -0.15) is 5.26 Å². The van der Waals surface area contributed by atoms with Crippen molar-refractivity contribution in [2.24, 2.45) is 5.92 Å². The lowest BCUT2D eigenvalue weighted by Crippen LogP contribution is -2.49. The van der Waals surface area contributed by atoms with Crippen LogP contribution in [0.15, 0.2) is 30.5 Å². The first-order valence-corrected chi connectivity index (χ1v) is 15.9. The van der Waals surface area contributed by atoms with E-state index in [-0.39, 0.29) is 6.54 Å². The summed E-state index contributed by atoms with van der Waals surface area (Å²) < 4.78 is 27.8. The topological polar surface area (TPSA) is 92.5 Å². The van der Waals surface area contributed by atoms with Gasteiger partial charge in [0.05, 0.1) is 23.5 Å². The SMILES string of the molecule is CCCCCCCCCCNC1CCN(CC)CC1.N#Cc1ccc(N2CC(C(=O)O)CC(F)(F)C2)c2cccnc12. The fraction of sp³-hybridized carbons (Fsp3) is 0.667. The molecule has 0 aliphatic carbocycles. The molecule has 1 unspecified atom stereocenters. The Balaban J connectivity index is 0.000000236. The fourth-order valence-electron chi connectivity index (χ4n) is 5.99. The summed E-state index contributed by atoms with van der Waals surface area (Å²) in [5, 5.41) is 22.6. The molecule has 2 saturated heterocycles. The predicted molar refractivity (Wildman–Crippen MR) is 165 cm³/mol. The molecule has 7 nitrogen and oxygen atoms in total. The average molecular weight is 586 g/mol. The van der Waals surface area contributed by atoms with Gasteiger partial charge in [-0.25, -0.2) is 8.78 Å². The number of anilines is 1. The van der Waals surface area contributed by atoms with Gasteiger partial charge in [-0.05, 0) is 69.7 Å². The molecule has 1 aromatic heterocycles. The second-order valence-electron chi connectivity index (χ2n) is 11.8. The lowest BCUT2D eigenvalue weighted by atomic mass is 9.94. The molecule has 0 spiro atoms. The van der Waals surface area contributed by atoms with Crippen LogP contribution >= 0.6 is 0 Å². The van der Waals surface area contributed by atoms with Gasteiger partial charge in [0.1, 0.15) is 6.07 Å². The number of benzene rings is 1. The second kappa shape index (κ2) is 17.3. The molecule has 2 aromatic rings. The normalized spacial score (nSPS) is 19.2. The van der Waals surface area contributed by atoms with Crippen molar-refractivity contribution < 1.29 is 18.7 Å². The van der Waals surface area contributed by atoms with E-state index in [9.17, 15) is 13.6 Å². The zero-order valence-electron chi connectivity index (χ0n) is 25.5. The molecule has 42 heavy (non-hydrogen) atoms. The number of halogens is 2. The third-order valence-electron chi connectivity index (χ3n) is 8.46. The van der Waals surface area contributed by atoms with Gasteiger partial charge in [0, 0.05) is 36.3 Å². The van der Waals surface area contributed by atoms with Gasteiger partial charge in [0.2, 0.25) is 0 Å². The van der Waals surface area contributed by atoms with E-state index in [1.165, 1.54) is 108 Å². The number of aromatic nitrogens is 1. The van der Waals surface area contributed by atoms with E-state index in [0.717, 1.165) is 6.04 Å². The number of pyridine rings is 1. The van der Waals surface area contributed by atoms with Crippen molar-refractivity contribution in [3.63, 3.8) is 0 Å². The van der Waals surface area contributed by atoms with Crippen LogP contribution in [-0.4, -0.2) is 72.2 Å². The molecule has 9 heteroatoms. The second-order valence-corrected chi connectivity index (χ2v) is 11.8. The summed E-state index contributed by atoms with van der Waals surface area (Å²) in [5.41, 5.74) is 1.24. The zero-order chi connectivity index (χ0) is 30.4. The molecule has 1 atom stereocenters. The Bertz CT molecular complexity index is 1150. The number of fused-ring (bicyclic) bond motifs is 1. The number of aliphatic carboxylic acids is 1. The van der Waals surface area contributed by atoms with E-state index in [1.54, 1.807) is 18.2 Å². The van der Waals surface area contributed by atoms with Gasteiger partial charge in [-0.15, -0.1) is 0 Å². The highest BCUT2D eigenvalue weighted by Crippen LogP contribution is 2.36. The van der Waals surface area contributed by atoms with Crippen molar-refractivity contribution in [2.75, 3.05) is 44.2 Å². The highest BCUT2D eigenvalue weighted by Gasteiger charge is 2.43. The molecule has 0 saturated carbocycles. The minimum absolute atomic E-state index is 0.000811. The third kappa shape index (κ3) is 10.5. The Labute approximate surface area is 250 Å². The Kier molecular flexibility index (Phi) is 13.9. The van der Waals surface area contributed by atoms with E-state index in [4.69, 9.17) is 10.4 Å². The van der Waals surface area contributed by atoms with Crippen molar-refractivity contribution in [3.05, 3.63) is 36.0 Å². The zero-order valence-corrected chi connectivity index (χ0v) is 25.5. The number of hydrogen-bond donors (Lipinski definition) is 2. The maximum Gasteiger partial charge on any atom is 0.308 e. The van der Waals surface area contributed by atoms with E-state index < -0.39 is 30.8 Å². The number of carboxylic acids is 1. The number of nitrogens with one attached hydrogen (secondary N) is 1. The Morgan fingerprint density at radius 2 is 1.79 bits per heavy atom. The van der Waals surface area contributed by atoms with Gasteiger partial charge in [0.25, 0.3) is 5.92 Å². The van der Waals surface area contributed by atoms with Gasteiger partial charge in [0.15, 0.2) is 0 Å². The number of carboxylic acid groups (broad SMARTS) is 1. The number of likely N-dealkylation sites (tertiary alicyclic amines) is 1. The Morgan fingerprint density at radius 1 is 1.10 bits per heavy atom. The molecule has 0 amide bonds. The summed E-state index contributed by atoms with van der Waals surface area (Å²) in [5.74, 6) is -5.45. The van der Waals surface area contributed by atoms with Crippen LogP contribution in [0.25, 0.3) is 10.9 Å². The molecule has 2 fully saturated rings. The highest BCUT2D eigenvalue weighted by molar-refractivity contribution is 5.95. The first kappa shape index (κ1) is 33.7. The molecule has 2 aliphatic rings. The molecule has 0 radical (unpaired) electrons. The van der Waals surface area contributed by atoms with E-state index in [1.807, 2.05) is 6.07 Å². The summed E-state index contributed by atoms with van der Waals surface area (Å²) in [6, 6.07) is 9.26. The standard InChI is InChI=1S/C17H36N2.C16H13F2N3O2/c1-3-5-6-7-8-9-10-11-14-18-17-12-15-19(4-2)16-13-17;17-16(18)6-11(15(22)23)8-21(9-16)13-4-3-10(7-19)14-12(13)2-1-5-20-14/h17-18H,3-16H2,1-2H3;1-5,11H,6,8-9H2,(H,22,23). The van der Waals surface area contributed by atoms with Gasteiger partial charge < -0.3 is 20.2 Å². The van der Waals surface area contributed by atoms with E-state index in [2.05, 4.69) is 29.0 Å². The van der Waals surface area contributed by atoms with Crippen molar-refractivity contribution in [2.45, 2.75) is 96.4 Å². The number of piperidine rings is 2. The maximum atomic E-state index is 13.9. The summed E-state index contributed by atoms with van der Waals surface area (Å²) >= 11 is 0. The lowest BCUT2D eigenvalue weighted by molar-refractivity contribution is -0.146. The Morgan fingerprint density at radius 3 is 2.43 bits per heavy atom. The predicted octanol–water partition coefficient (Wildman–Crippen LogP) is 6.85. The molecular weight excluding hydrogens is 536 g/mol. The molecule has 4 rings (SSSR count). The number of nitriles is 1. The van der Waals surface area contributed by atoms with Crippen LogP contribution in [0.5, 0.6) is 0 Å². The number of unbranched alkanes of at least 4 members (excludes halogenated alkanes) is 7. The van der Waals surface area contributed by atoms with Crippen molar-refractivity contribution >= 4 is 22.6 Å². The van der Waals surface area contributed by atoms with Crippen LogP contribution in [0.3, 0.4) is 0 Å². The average Bonchev–Trinajstić information content (AvgIpc) is 2.99. The number of nitrogens with zero attached hydrogens (tertiary/aromatic N) is 4. The first-order valence-electron chi connectivity index (χ1n) is 15.9. The van der Waals surface area contributed by atoms with Crippen LogP contribution < -0.4 is 10.2 Å². The number of carbonyl (C=O) groups is 1. The largest absolute Gasteiger partial charge is 0.481 e. The molecule has 1 aromatic carbocycles. The quantitative estimate of drug-likeness (QED) is 0.248. The van der Waals surface area contributed by atoms with Crippen molar-refractivity contribution in [1.29, 1.82) is 5.26 Å². The van der Waals surface area contributed by atoms with Gasteiger partial charge in [-0.1, -0.05) is 58.8 Å². The summed E-state index contributed by atoms with van der Waals surface area (Å²) in [6.07, 6.45) is 15.0. The monoisotopic (exact) mass is 585 g/mol. The minimum Gasteiger partial charge on any atom is -0.481 e. The third-order valence-corrected chi connectivity index (χ3v) is 8.46. The summed E-state index contributed by atoms with van der Waals surface area (Å²) in [6.45, 7) is 9.08. The molecule has 2 N–H and O–H groups in total. The van der Waals surface area contributed by atoms with Crippen molar-refractivity contribution in [3.8, 4) is 6.07 Å². The first-order chi connectivity index (χ1) is 20.3. The summed E-state index contributed by atoms with van der Waals surface area (Å²) in [4.78, 5) is 19.2. The molecule has 2 aliphatic heterocycles. The van der Waals surface area contributed by atoms with Gasteiger partial charge >= 0.3 is 5.97 Å². The molecule has 3 heterocycles. The molecular formula is C33H49F2N5O2. The number of alkyl halides is 2. The van der Waals surface area contributed by atoms with Crippen LogP contribution in [-0.2, 0) is 4.79 Å². The molecule has 0 bridgehead atoms. The number of rotatable bonds is 13. The van der Waals surface area contributed by atoms with Crippen molar-refractivity contribution in [1.82, 2.24) is 15.2 Å². The fourth-order valence-corrected chi connectivity index (χ4v) is 5.99. The van der Waals surface area contributed by atoms with Crippen LogP contribution in [0.1, 0.15) is 90.0 Å². The highest BCUT2D eigenvalue weighted by atomic mass is 19.3. The summed E-state index contributed by atoms with van der Waals surface area (Å²) in [7, 11) is 0. The lowest BCUT2D eigenvalue weighted by Gasteiger charge is -2.37. The van der Waals surface area contributed by atoms with Gasteiger partial charge in [-0.3, -0.25) is 9.78 Å². The van der Waals surface area contributed by atoms with Crippen LogP contribution in [0.4, 0.5) is 14.5 Å².